The minimum Gasteiger partial charge on any atom is -0.489 e. The van der Waals surface area contributed by atoms with E-state index in [4.69, 9.17) is 33.0 Å². The molecule has 0 unspecified atom stereocenters. The number of ether oxygens (including phenoxy) is 1. The van der Waals surface area contributed by atoms with Gasteiger partial charge in [0.1, 0.15) is 5.75 Å². The quantitative estimate of drug-likeness (QED) is 0.789. The molecule has 114 valence electrons. The summed E-state index contributed by atoms with van der Waals surface area (Å²) in [4.78, 5) is 22.1. The number of anilines is 1. The lowest BCUT2D eigenvalue weighted by atomic mass is 10.3. The summed E-state index contributed by atoms with van der Waals surface area (Å²) >= 11 is 13.1. The summed E-state index contributed by atoms with van der Waals surface area (Å²) in [6.45, 7) is 0. The summed E-state index contributed by atoms with van der Waals surface area (Å²) in [7, 11) is 0. The third-order valence-corrected chi connectivity index (χ3v) is 4.10. The van der Waals surface area contributed by atoms with Gasteiger partial charge in [0.05, 0.1) is 33.3 Å². The summed E-state index contributed by atoms with van der Waals surface area (Å²) < 4.78 is 5.62. The number of carbonyl (C=O) groups excluding carboxylic acids is 1. The summed E-state index contributed by atoms with van der Waals surface area (Å²) in [5.41, 5.74) is 0.401. The van der Waals surface area contributed by atoms with Crippen LogP contribution >= 0.6 is 35.0 Å². The highest BCUT2D eigenvalue weighted by atomic mass is 35.5. The fourth-order valence-corrected chi connectivity index (χ4v) is 2.51. The van der Waals surface area contributed by atoms with Crippen molar-refractivity contribution in [1.29, 1.82) is 0 Å². The Kier molecular flexibility index (Phi) is 5.61. The summed E-state index contributed by atoms with van der Waals surface area (Å²) in [6, 6.07) is 3.10. The second-order valence-corrected chi connectivity index (χ2v) is 6.31. The second kappa shape index (κ2) is 7.24. The lowest BCUT2D eigenvalue weighted by Crippen LogP contribution is -2.16. The molecule has 1 aliphatic carbocycles. The van der Waals surface area contributed by atoms with Crippen molar-refractivity contribution >= 4 is 52.5 Å². The zero-order valence-corrected chi connectivity index (χ0v) is 13.2. The van der Waals surface area contributed by atoms with Crippen LogP contribution in [0.5, 0.6) is 5.75 Å². The van der Waals surface area contributed by atoms with Gasteiger partial charge in [-0.15, -0.1) is 11.8 Å². The molecule has 1 aromatic carbocycles. The number of aliphatic carboxylic acids is 1. The highest BCUT2D eigenvalue weighted by Gasteiger charge is 2.25. The van der Waals surface area contributed by atoms with Gasteiger partial charge in [0.15, 0.2) is 0 Å². The van der Waals surface area contributed by atoms with E-state index >= 15 is 0 Å². The van der Waals surface area contributed by atoms with Crippen LogP contribution in [-0.4, -0.2) is 34.6 Å². The smallest absolute Gasteiger partial charge is 0.313 e. The average Bonchev–Trinajstić information content (AvgIpc) is 3.18. The van der Waals surface area contributed by atoms with E-state index < -0.39 is 5.97 Å². The molecule has 0 saturated heterocycles. The van der Waals surface area contributed by atoms with Gasteiger partial charge in [0, 0.05) is 6.07 Å². The van der Waals surface area contributed by atoms with Crippen molar-refractivity contribution in [2.75, 3.05) is 16.8 Å². The number of carbonyl (C=O) groups is 2. The molecule has 0 aliphatic heterocycles. The Labute approximate surface area is 135 Å². The lowest BCUT2D eigenvalue weighted by Gasteiger charge is -2.12. The van der Waals surface area contributed by atoms with Gasteiger partial charge in [0.2, 0.25) is 5.91 Å². The Morgan fingerprint density at radius 1 is 1.29 bits per heavy atom. The molecular weight excluding hydrogens is 337 g/mol. The maximum atomic E-state index is 11.7. The van der Waals surface area contributed by atoms with E-state index in [1.165, 1.54) is 6.07 Å². The number of carboxylic acid groups (broad SMARTS) is 1. The largest absolute Gasteiger partial charge is 0.489 e. The number of amides is 1. The zero-order valence-electron chi connectivity index (χ0n) is 10.9. The predicted molar refractivity (Wildman–Crippen MR) is 83.7 cm³/mol. The number of nitrogens with one attached hydrogen (secondary N) is 1. The van der Waals surface area contributed by atoms with Crippen molar-refractivity contribution in [1.82, 2.24) is 0 Å². The number of thioether (sulfide) groups is 1. The Bertz CT molecular complexity index is 563. The highest BCUT2D eigenvalue weighted by Crippen LogP contribution is 2.37. The Balaban J connectivity index is 1.97. The summed E-state index contributed by atoms with van der Waals surface area (Å²) in [5.74, 6) is -0.903. The first-order chi connectivity index (χ1) is 9.95. The molecule has 0 atom stereocenters. The van der Waals surface area contributed by atoms with Crippen LogP contribution in [0.1, 0.15) is 12.8 Å². The van der Waals surface area contributed by atoms with E-state index in [1.807, 2.05) is 0 Å². The lowest BCUT2D eigenvalue weighted by molar-refractivity contribution is -0.133. The van der Waals surface area contributed by atoms with Crippen molar-refractivity contribution in [2.45, 2.75) is 18.9 Å². The minimum atomic E-state index is -0.961. The van der Waals surface area contributed by atoms with Crippen LogP contribution in [0.4, 0.5) is 5.69 Å². The van der Waals surface area contributed by atoms with Crippen LogP contribution in [0, 0.1) is 0 Å². The van der Waals surface area contributed by atoms with E-state index in [9.17, 15) is 9.59 Å². The Hall–Kier alpha value is -1.11. The van der Waals surface area contributed by atoms with E-state index in [1.54, 1.807) is 6.07 Å². The second-order valence-electron chi connectivity index (χ2n) is 4.51. The molecule has 1 aromatic rings. The molecule has 0 radical (unpaired) electrons. The topological polar surface area (TPSA) is 75.6 Å². The third-order valence-electron chi connectivity index (χ3n) is 2.57. The molecule has 5 nitrogen and oxygen atoms in total. The van der Waals surface area contributed by atoms with Crippen LogP contribution in [0.3, 0.4) is 0 Å². The van der Waals surface area contributed by atoms with Gasteiger partial charge in [0.25, 0.3) is 0 Å². The molecule has 1 amide bonds. The van der Waals surface area contributed by atoms with Crippen molar-refractivity contribution in [2.24, 2.45) is 0 Å². The molecule has 21 heavy (non-hydrogen) atoms. The molecule has 0 spiro atoms. The average molecular weight is 350 g/mol. The molecule has 2 rings (SSSR count). The SMILES string of the molecule is O=C(O)CSCC(=O)Nc1cc(OC2CC2)c(Cl)cc1Cl. The van der Waals surface area contributed by atoms with Crippen LogP contribution in [0.15, 0.2) is 12.1 Å². The number of carboxylic acids is 1. The number of hydrogen-bond acceptors (Lipinski definition) is 4. The molecule has 0 aromatic heterocycles. The van der Waals surface area contributed by atoms with Crippen LogP contribution in [-0.2, 0) is 9.59 Å². The molecule has 2 N–H and O–H groups in total. The van der Waals surface area contributed by atoms with E-state index in [-0.39, 0.29) is 23.5 Å². The monoisotopic (exact) mass is 349 g/mol. The number of benzene rings is 1. The van der Waals surface area contributed by atoms with Gasteiger partial charge >= 0.3 is 5.97 Å². The maximum absolute atomic E-state index is 11.7. The van der Waals surface area contributed by atoms with Crippen molar-refractivity contribution in [3.63, 3.8) is 0 Å². The van der Waals surface area contributed by atoms with Gasteiger partial charge in [-0.1, -0.05) is 23.2 Å². The number of hydrogen-bond donors (Lipinski definition) is 2. The number of rotatable bonds is 7. The molecule has 1 fully saturated rings. The summed E-state index contributed by atoms with van der Waals surface area (Å²) in [5, 5.41) is 11.8. The standard InChI is InChI=1S/C13H13Cl2NO4S/c14-8-3-9(15)11(20-7-1-2-7)4-10(8)16-12(17)5-21-6-13(18)19/h3-4,7H,1-2,5-6H2,(H,16,17)(H,18,19). The van der Waals surface area contributed by atoms with Crippen molar-refractivity contribution in [3.8, 4) is 5.75 Å². The summed E-state index contributed by atoms with van der Waals surface area (Å²) in [6.07, 6.45) is 2.16. The van der Waals surface area contributed by atoms with E-state index in [2.05, 4.69) is 5.32 Å². The number of halogens is 2. The van der Waals surface area contributed by atoms with Gasteiger partial charge in [-0.25, -0.2) is 0 Å². The predicted octanol–water partition coefficient (Wildman–Crippen LogP) is 3.29. The molecule has 8 heteroatoms. The maximum Gasteiger partial charge on any atom is 0.313 e. The van der Waals surface area contributed by atoms with Gasteiger partial charge in [-0.2, -0.15) is 0 Å². The molecule has 1 saturated carbocycles. The minimum absolute atomic E-state index is 0.0318. The highest BCUT2D eigenvalue weighted by molar-refractivity contribution is 8.00. The van der Waals surface area contributed by atoms with E-state index in [0.29, 0.717) is 21.5 Å². The fraction of sp³-hybridized carbons (Fsp3) is 0.385. The molecule has 0 heterocycles. The Morgan fingerprint density at radius 3 is 2.62 bits per heavy atom. The van der Waals surface area contributed by atoms with Gasteiger partial charge in [-0.05, 0) is 18.9 Å². The van der Waals surface area contributed by atoms with Crippen LogP contribution in [0.25, 0.3) is 0 Å². The zero-order chi connectivity index (χ0) is 15.4. The Morgan fingerprint density at radius 2 is 2.00 bits per heavy atom. The van der Waals surface area contributed by atoms with Gasteiger partial charge in [-0.3, -0.25) is 9.59 Å². The molecule has 1 aliphatic rings. The first-order valence-corrected chi connectivity index (χ1v) is 8.12. The first kappa shape index (κ1) is 16.3. The normalized spacial score (nSPS) is 13.8. The van der Waals surface area contributed by atoms with Crippen molar-refractivity contribution in [3.05, 3.63) is 22.2 Å². The van der Waals surface area contributed by atoms with Crippen LogP contribution in [0.2, 0.25) is 10.0 Å². The molecular formula is C13H13Cl2NO4S. The van der Waals surface area contributed by atoms with Gasteiger partial charge < -0.3 is 15.2 Å². The van der Waals surface area contributed by atoms with Crippen LogP contribution < -0.4 is 10.1 Å². The molecule has 0 bridgehead atoms. The third kappa shape index (κ3) is 5.30. The van der Waals surface area contributed by atoms with E-state index in [0.717, 1.165) is 24.6 Å². The fourth-order valence-electron chi connectivity index (χ4n) is 1.50. The van der Waals surface area contributed by atoms with Crippen molar-refractivity contribution < 1.29 is 19.4 Å². The first-order valence-electron chi connectivity index (χ1n) is 6.21.